The fraction of sp³-hybridized carbons (Fsp3) is 0.800. The molecule has 112 valence electrons. The summed E-state index contributed by atoms with van der Waals surface area (Å²) in [6, 6.07) is 0.855. The van der Waals surface area contributed by atoms with Crippen molar-refractivity contribution < 1.29 is 4.74 Å². The lowest BCUT2D eigenvalue weighted by Crippen LogP contribution is -2.47. The molecular formula is C15H25N3OS. The molecule has 5 heteroatoms. The number of hydrogen-bond donors (Lipinski definition) is 1. The van der Waals surface area contributed by atoms with E-state index in [2.05, 4.69) is 34.4 Å². The van der Waals surface area contributed by atoms with E-state index < -0.39 is 0 Å². The monoisotopic (exact) mass is 295 g/mol. The Morgan fingerprint density at radius 3 is 3.05 bits per heavy atom. The Hall–Kier alpha value is -0.490. The number of aromatic nitrogens is 1. The number of ether oxygens (including phenoxy) is 1. The molecule has 20 heavy (non-hydrogen) atoms. The van der Waals surface area contributed by atoms with Gasteiger partial charge in [0.05, 0.1) is 23.4 Å². The number of rotatable bonds is 6. The molecule has 1 saturated heterocycles. The minimum absolute atomic E-state index is 0.340. The zero-order chi connectivity index (χ0) is 13.9. The molecule has 0 unspecified atom stereocenters. The minimum atomic E-state index is 0.340. The van der Waals surface area contributed by atoms with Crippen molar-refractivity contribution in [1.29, 1.82) is 0 Å². The summed E-state index contributed by atoms with van der Waals surface area (Å²) in [6.07, 6.45) is 3.11. The van der Waals surface area contributed by atoms with E-state index in [4.69, 9.17) is 4.74 Å². The van der Waals surface area contributed by atoms with Gasteiger partial charge in [-0.15, -0.1) is 11.3 Å². The third kappa shape index (κ3) is 3.79. The van der Waals surface area contributed by atoms with E-state index in [0.717, 1.165) is 44.5 Å². The Labute approximate surface area is 125 Å². The van der Waals surface area contributed by atoms with Gasteiger partial charge < -0.3 is 10.1 Å². The summed E-state index contributed by atoms with van der Waals surface area (Å²) in [6.45, 7) is 9.26. The van der Waals surface area contributed by atoms with Crippen LogP contribution < -0.4 is 5.32 Å². The first-order chi connectivity index (χ1) is 9.72. The smallest absolute Gasteiger partial charge is 0.0954 e. The zero-order valence-electron chi connectivity index (χ0n) is 12.5. The van der Waals surface area contributed by atoms with E-state index in [0.29, 0.717) is 12.0 Å². The lowest BCUT2D eigenvalue weighted by Gasteiger charge is -2.33. The lowest BCUT2D eigenvalue weighted by atomic mass is 10.2. The Kier molecular flexibility index (Phi) is 4.71. The molecule has 3 rings (SSSR count). The van der Waals surface area contributed by atoms with Crippen LogP contribution in [0.15, 0.2) is 5.38 Å². The lowest BCUT2D eigenvalue weighted by molar-refractivity contribution is -0.0301. The Balaban J connectivity index is 1.40. The van der Waals surface area contributed by atoms with Crippen molar-refractivity contribution in [3.63, 3.8) is 0 Å². The average molecular weight is 295 g/mol. The van der Waals surface area contributed by atoms with Crippen molar-refractivity contribution in [2.45, 2.75) is 51.3 Å². The largest absolute Gasteiger partial charge is 0.374 e. The Morgan fingerprint density at radius 1 is 1.50 bits per heavy atom. The van der Waals surface area contributed by atoms with Gasteiger partial charge in [-0.1, -0.05) is 13.8 Å². The van der Waals surface area contributed by atoms with Crippen LogP contribution in [0.1, 0.15) is 43.3 Å². The van der Waals surface area contributed by atoms with Gasteiger partial charge in [0, 0.05) is 43.5 Å². The normalized spacial score (nSPS) is 24.4. The van der Waals surface area contributed by atoms with Crippen LogP contribution in [0, 0.1) is 0 Å². The van der Waals surface area contributed by atoms with Crippen molar-refractivity contribution in [3.05, 3.63) is 16.1 Å². The zero-order valence-corrected chi connectivity index (χ0v) is 13.3. The minimum Gasteiger partial charge on any atom is -0.374 e. The summed E-state index contributed by atoms with van der Waals surface area (Å²) < 4.78 is 5.85. The second-order valence-electron chi connectivity index (χ2n) is 6.18. The van der Waals surface area contributed by atoms with Crippen LogP contribution in [0.3, 0.4) is 0 Å². The quantitative estimate of drug-likeness (QED) is 0.873. The van der Waals surface area contributed by atoms with Crippen molar-refractivity contribution in [2.75, 3.05) is 26.2 Å². The van der Waals surface area contributed by atoms with Gasteiger partial charge in [0.2, 0.25) is 0 Å². The van der Waals surface area contributed by atoms with E-state index in [9.17, 15) is 0 Å². The highest BCUT2D eigenvalue weighted by Crippen LogP contribution is 2.28. The van der Waals surface area contributed by atoms with Crippen LogP contribution in [-0.2, 0) is 11.3 Å². The van der Waals surface area contributed by atoms with Crippen LogP contribution in [-0.4, -0.2) is 48.3 Å². The number of morpholine rings is 1. The molecule has 2 fully saturated rings. The third-order valence-electron chi connectivity index (χ3n) is 3.98. The molecule has 4 nitrogen and oxygen atoms in total. The maximum atomic E-state index is 5.85. The van der Waals surface area contributed by atoms with E-state index in [-0.39, 0.29) is 0 Å². The maximum absolute atomic E-state index is 5.85. The van der Waals surface area contributed by atoms with Crippen molar-refractivity contribution in [1.82, 2.24) is 15.2 Å². The fourth-order valence-corrected chi connectivity index (χ4v) is 3.50. The van der Waals surface area contributed by atoms with Gasteiger partial charge in [0.25, 0.3) is 0 Å². The van der Waals surface area contributed by atoms with Gasteiger partial charge in [-0.3, -0.25) is 4.90 Å². The molecule has 0 bridgehead atoms. The highest BCUT2D eigenvalue weighted by atomic mass is 32.1. The molecule has 1 aromatic heterocycles. The molecular weight excluding hydrogens is 270 g/mol. The molecule has 0 radical (unpaired) electrons. The maximum Gasteiger partial charge on any atom is 0.0954 e. The van der Waals surface area contributed by atoms with Crippen molar-refractivity contribution >= 4 is 11.3 Å². The summed E-state index contributed by atoms with van der Waals surface area (Å²) in [5.74, 6) is 0.530. The highest BCUT2D eigenvalue weighted by molar-refractivity contribution is 7.09. The molecule has 0 spiro atoms. The van der Waals surface area contributed by atoms with Gasteiger partial charge in [-0.2, -0.15) is 0 Å². The fourth-order valence-electron chi connectivity index (χ4n) is 2.67. The van der Waals surface area contributed by atoms with Gasteiger partial charge in [0.15, 0.2) is 0 Å². The molecule has 1 aromatic rings. The SMILES string of the molecule is CC(C)c1nc(CNC[C@H]2CN(C3CC3)CCO2)cs1. The van der Waals surface area contributed by atoms with Crippen molar-refractivity contribution in [2.24, 2.45) is 0 Å². The standard InChI is InChI=1S/C15H25N3OS/c1-11(2)15-17-12(10-20-15)7-16-8-14-9-18(5-6-19-14)13-3-4-13/h10-11,13-14,16H,3-9H2,1-2H3/t14-/m0/s1. The van der Waals surface area contributed by atoms with Crippen LogP contribution in [0.25, 0.3) is 0 Å². The molecule has 1 saturated carbocycles. The first kappa shape index (κ1) is 14.4. The number of thiazole rings is 1. The first-order valence-corrected chi connectivity index (χ1v) is 8.61. The van der Waals surface area contributed by atoms with Crippen LogP contribution in [0.2, 0.25) is 0 Å². The number of hydrogen-bond acceptors (Lipinski definition) is 5. The molecule has 1 aliphatic carbocycles. The second kappa shape index (κ2) is 6.52. The van der Waals surface area contributed by atoms with Gasteiger partial charge in [-0.25, -0.2) is 4.98 Å². The predicted octanol–water partition coefficient (Wildman–Crippen LogP) is 2.22. The Morgan fingerprint density at radius 2 is 2.35 bits per heavy atom. The third-order valence-corrected chi connectivity index (χ3v) is 5.17. The summed E-state index contributed by atoms with van der Waals surface area (Å²) >= 11 is 1.77. The van der Waals surface area contributed by atoms with Crippen LogP contribution in [0.4, 0.5) is 0 Å². The first-order valence-electron chi connectivity index (χ1n) is 7.73. The summed E-state index contributed by atoms with van der Waals surface area (Å²) in [5.41, 5.74) is 1.16. The van der Waals surface area contributed by atoms with Crippen molar-refractivity contribution in [3.8, 4) is 0 Å². The van der Waals surface area contributed by atoms with Gasteiger partial charge in [-0.05, 0) is 12.8 Å². The molecule has 0 aromatic carbocycles. The van der Waals surface area contributed by atoms with E-state index in [1.165, 1.54) is 17.8 Å². The summed E-state index contributed by atoms with van der Waals surface area (Å²) in [4.78, 5) is 7.24. The molecule has 1 aliphatic heterocycles. The van der Waals surface area contributed by atoms with Gasteiger partial charge in [0.1, 0.15) is 0 Å². The molecule has 0 amide bonds. The Bertz CT molecular complexity index is 431. The topological polar surface area (TPSA) is 37.4 Å². The van der Waals surface area contributed by atoms with E-state index in [1.54, 1.807) is 11.3 Å². The molecule has 1 N–H and O–H groups in total. The average Bonchev–Trinajstić information content (AvgIpc) is 3.18. The van der Waals surface area contributed by atoms with Crippen LogP contribution >= 0.6 is 11.3 Å². The molecule has 2 heterocycles. The summed E-state index contributed by atoms with van der Waals surface area (Å²) in [7, 11) is 0. The highest BCUT2D eigenvalue weighted by Gasteiger charge is 2.32. The summed E-state index contributed by atoms with van der Waals surface area (Å²) in [5, 5.41) is 6.90. The van der Waals surface area contributed by atoms with Crippen LogP contribution in [0.5, 0.6) is 0 Å². The molecule has 2 aliphatic rings. The van der Waals surface area contributed by atoms with Gasteiger partial charge >= 0.3 is 0 Å². The second-order valence-corrected chi connectivity index (χ2v) is 7.07. The number of nitrogens with zero attached hydrogens (tertiary/aromatic N) is 2. The van der Waals surface area contributed by atoms with E-state index in [1.807, 2.05) is 0 Å². The predicted molar refractivity (Wildman–Crippen MR) is 82.2 cm³/mol. The molecule has 1 atom stereocenters. The van der Waals surface area contributed by atoms with E-state index >= 15 is 0 Å². The number of nitrogens with one attached hydrogen (secondary N) is 1.